The number of benzene rings is 1. The highest BCUT2D eigenvalue weighted by Gasteiger charge is 2.10. The lowest BCUT2D eigenvalue weighted by Gasteiger charge is -2.02. The predicted molar refractivity (Wildman–Crippen MR) is 69.7 cm³/mol. The van der Waals surface area contributed by atoms with Crippen molar-refractivity contribution in [3.8, 4) is 17.1 Å². The second-order valence-corrected chi connectivity index (χ2v) is 4.75. The first kappa shape index (κ1) is 13.5. The third-order valence-electron chi connectivity index (χ3n) is 2.29. The van der Waals surface area contributed by atoms with Crippen molar-refractivity contribution in [2.45, 2.75) is 12.1 Å². The summed E-state index contributed by atoms with van der Waals surface area (Å²) < 4.78 is 18.2. The molecular formula is C12H12FN3O2S. The van der Waals surface area contributed by atoms with Crippen molar-refractivity contribution in [1.82, 2.24) is 15.2 Å². The molecule has 7 heteroatoms. The summed E-state index contributed by atoms with van der Waals surface area (Å²) >= 11 is 1.25. The summed E-state index contributed by atoms with van der Waals surface area (Å²) in [5.41, 5.74) is 0.667. The third kappa shape index (κ3) is 3.31. The molecule has 0 fully saturated rings. The zero-order valence-electron chi connectivity index (χ0n) is 10.4. The molecule has 0 spiro atoms. The van der Waals surface area contributed by atoms with Crippen molar-refractivity contribution in [1.29, 1.82) is 0 Å². The Kier molecular flexibility index (Phi) is 4.16. The highest BCUT2D eigenvalue weighted by Crippen LogP contribution is 2.25. The Balaban J connectivity index is 2.20. The number of hydrogen-bond acceptors (Lipinski definition) is 5. The monoisotopic (exact) mass is 281 g/mol. The Hall–Kier alpha value is -1.89. The third-order valence-corrected chi connectivity index (χ3v) is 3.29. The van der Waals surface area contributed by atoms with Gasteiger partial charge in [0, 0.05) is 5.56 Å². The molecule has 1 aromatic carbocycles. The molecule has 0 aliphatic carbocycles. The fourth-order valence-electron chi connectivity index (χ4n) is 1.41. The first-order valence-corrected chi connectivity index (χ1v) is 6.47. The number of hydrogen-bond donors (Lipinski definition) is 1. The highest BCUT2D eigenvalue weighted by atomic mass is 32.2. The van der Waals surface area contributed by atoms with E-state index in [4.69, 9.17) is 4.74 Å². The molecule has 0 aliphatic rings. The predicted octanol–water partition coefficient (Wildman–Crippen LogP) is 2.30. The number of nitrogens with one attached hydrogen (secondary N) is 1. The molecule has 1 heterocycles. The van der Waals surface area contributed by atoms with Crippen LogP contribution >= 0.6 is 11.8 Å². The first-order chi connectivity index (χ1) is 9.10. The van der Waals surface area contributed by atoms with Gasteiger partial charge in [0.25, 0.3) is 0 Å². The zero-order valence-corrected chi connectivity index (χ0v) is 11.3. The summed E-state index contributed by atoms with van der Waals surface area (Å²) in [6.45, 7) is 1.51. The standard InChI is InChI=1S/C12H12FN3O2S/c1-7(17)6-19-12-14-11(15-16-12)8-3-4-9(13)10(5-8)18-2/h3-5H,6H2,1-2H3,(H,14,15,16). The van der Waals surface area contributed by atoms with Crippen LogP contribution in [0.4, 0.5) is 4.39 Å². The summed E-state index contributed by atoms with van der Waals surface area (Å²) in [6, 6.07) is 4.42. The Morgan fingerprint density at radius 1 is 1.53 bits per heavy atom. The lowest BCUT2D eigenvalue weighted by Crippen LogP contribution is -1.93. The maximum atomic E-state index is 13.3. The number of ketones is 1. The van der Waals surface area contributed by atoms with E-state index in [0.29, 0.717) is 22.3 Å². The van der Waals surface area contributed by atoms with Crippen LogP contribution in [-0.4, -0.2) is 33.8 Å². The van der Waals surface area contributed by atoms with Crippen molar-refractivity contribution in [3.05, 3.63) is 24.0 Å². The summed E-state index contributed by atoms with van der Waals surface area (Å²) in [7, 11) is 1.40. The summed E-state index contributed by atoms with van der Waals surface area (Å²) in [6.07, 6.45) is 0. The molecule has 0 saturated heterocycles. The van der Waals surface area contributed by atoms with Gasteiger partial charge < -0.3 is 4.74 Å². The number of carbonyl (C=O) groups is 1. The van der Waals surface area contributed by atoms with Gasteiger partial charge >= 0.3 is 0 Å². The molecule has 0 aliphatic heterocycles. The molecule has 5 nitrogen and oxygen atoms in total. The molecule has 1 aromatic heterocycles. The van der Waals surface area contributed by atoms with Gasteiger partial charge in [-0.25, -0.2) is 9.37 Å². The van der Waals surface area contributed by atoms with Crippen LogP contribution in [0.15, 0.2) is 23.4 Å². The number of carbonyl (C=O) groups excluding carboxylic acids is 1. The number of ether oxygens (including phenoxy) is 1. The van der Waals surface area contributed by atoms with E-state index in [9.17, 15) is 9.18 Å². The van der Waals surface area contributed by atoms with Gasteiger partial charge in [-0.3, -0.25) is 9.89 Å². The van der Waals surface area contributed by atoms with Crippen LogP contribution < -0.4 is 4.74 Å². The van der Waals surface area contributed by atoms with Crippen molar-refractivity contribution in [2.75, 3.05) is 12.9 Å². The molecule has 100 valence electrons. The average Bonchev–Trinajstić information content (AvgIpc) is 2.86. The second kappa shape index (κ2) is 5.83. The number of aromatic nitrogens is 3. The number of H-pyrrole nitrogens is 1. The summed E-state index contributed by atoms with van der Waals surface area (Å²) in [4.78, 5) is 15.1. The number of thioether (sulfide) groups is 1. The van der Waals surface area contributed by atoms with Crippen LogP contribution in [0.5, 0.6) is 5.75 Å². The van der Waals surface area contributed by atoms with Crippen molar-refractivity contribution in [3.63, 3.8) is 0 Å². The van der Waals surface area contributed by atoms with Crippen molar-refractivity contribution >= 4 is 17.5 Å². The molecule has 0 radical (unpaired) electrons. The van der Waals surface area contributed by atoms with E-state index in [-0.39, 0.29) is 11.5 Å². The van der Waals surface area contributed by atoms with Gasteiger partial charge in [0.2, 0.25) is 5.16 Å². The minimum absolute atomic E-state index is 0.0554. The van der Waals surface area contributed by atoms with E-state index in [1.165, 1.54) is 37.9 Å². The minimum atomic E-state index is -0.433. The van der Waals surface area contributed by atoms with E-state index in [2.05, 4.69) is 15.2 Å². The lowest BCUT2D eigenvalue weighted by molar-refractivity contribution is -0.114. The number of Topliss-reactive ketones (excluding diaryl/α,β-unsaturated/α-hetero) is 1. The van der Waals surface area contributed by atoms with Crippen molar-refractivity contribution < 1.29 is 13.9 Å². The van der Waals surface area contributed by atoms with Gasteiger partial charge in [-0.2, -0.15) is 0 Å². The average molecular weight is 281 g/mol. The van der Waals surface area contributed by atoms with Crippen LogP contribution in [0.3, 0.4) is 0 Å². The summed E-state index contributed by atoms with van der Waals surface area (Å²) in [5, 5.41) is 7.21. The van der Waals surface area contributed by atoms with E-state index < -0.39 is 5.82 Å². The molecule has 2 rings (SSSR count). The first-order valence-electron chi connectivity index (χ1n) is 5.48. The van der Waals surface area contributed by atoms with Crippen molar-refractivity contribution in [2.24, 2.45) is 0 Å². The van der Waals surface area contributed by atoms with Crippen LogP contribution in [0, 0.1) is 5.82 Å². The molecule has 1 N–H and O–H groups in total. The smallest absolute Gasteiger partial charge is 0.209 e. The van der Waals surface area contributed by atoms with Crippen LogP contribution in [-0.2, 0) is 4.79 Å². The van der Waals surface area contributed by atoms with Gasteiger partial charge in [0.15, 0.2) is 17.4 Å². The lowest BCUT2D eigenvalue weighted by atomic mass is 10.2. The number of methoxy groups -OCH3 is 1. The van der Waals surface area contributed by atoms with E-state index >= 15 is 0 Å². The number of rotatable bonds is 5. The molecule has 0 saturated carbocycles. The molecule has 0 unspecified atom stereocenters. The van der Waals surface area contributed by atoms with Gasteiger partial charge in [-0.1, -0.05) is 11.8 Å². The molecule has 0 bridgehead atoms. The number of aromatic amines is 1. The maximum Gasteiger partial charge on any atom is 0.209 e. The van der Waals surface area contributed by atoms with Crippen LogP contribution in [0.2, 0.25) is 0 Å². The molecular weight excluding hydrogens is 269 g/mol. The molecule has 0 atom stereocenters. The molecule has 2 aromatic rings. The Labute approximate surface area is 113 Å². The topological polar surface area (TPSA) is 67.9 Å². The Morgan fingerprint density at radius 3 is 3.00 bits per heavy atom. The van der Waals surface area contributed by atoms with Gasteiger partial charge in [0.05, 0.1) is 12.9 Å². The van der Waals surface area contributed by atoms with Gasteiger partial charge in [-0.15, -0.1) is 5.10 Å². The molecule has 19 heavy (non-hydrogen) atoms. The summed E-state index contributed by atoms with van der Waals surface area (Å²) in [5.74, 6) is 0.595. The zero-order chi connectivity index (χ0) is 13.8. The minimum Gasteiger partial charge on any atom is -0.494 e. The highest BCUT2D eigenvalue weighted by molar-refractivity contribution is 7.99. The van der Waals surface area contributed by atoms with Crippen LogP contribution in [0.25, 0.3) is 11.4 Å². The van der Waals surface area contributed by atoms with E-state index in [1.54, 1.807) is 6.07 Å². The van der Waals surface area contributed by atoms with E-state index in [0.717, 1.165) is 0 Å². The quantitative estimate of drug-likeness (QED) is 0.852. The fourth-order valence-corrected chi connectivity index (χ4v) is 2.01. The van der Waals surface area contributed by atoms with Gasteiger partial charge in [0.1, 0.15) is 5.78 Å². The normalized spacial score (nSPS) is 10.5. The second-order valence-electron chi connectivity index (χ2n) is 3.81. The van der Waals surface area contributed by atoms with Crippen LogP contribution in [0.1, 0.15) is 6.92 Å². The maximum absolute atomic E-state index is 13.3. The Bertz CT molecular complexity index is 600. The SMILES string of the molecule is COc1cc(-c2nc(SCC(C)=O)n[nH]2)ccc1F. The molecule has 0 amide bonds. The van der Waals surface area contributed by atoms with Gasteiger partial charge in [-0.05, 0) is 25.1 Å². The number of nitrogens with zero attached hydrogens (tertiary/aromatic N) is 2. The van der Waals surface area contributed by atoms with E-state index in [1.807, 2.05) is 0 Å². The number of halogens is 1. The largest absolute Gasteiger partial charge is 0.494 e. The fraction of sp³-hybridized carbons (Fsp3) is 0.250. The Morgan fingerprint density at radius 2 is 2.32 bits per heavy atom.